The number of nitrogens with zero attached hydrogens (tertiary/aromatic N) is 3. The van der Waals surface area contributed by atoms with Crippen molar-refractivity contribution in [1.82, 2.24) is 15.0 Å². The van der Waals surface area contributed by atoms with Crippen LogP contribution in [0.25, 0.3) is 21.7 Å². The minimum Gasteiger partial charge on any atom is -0.480 e. The fraction of sp³-hybridized carbons (Fsp3) is 0.105. The van der Waals surface area contributed by atoms with Gasteiger partial charge in [-0.05, 0) is 23.1 Å². The molecule has 0 saturated heterocycles. The van der Waals surface area contributed by atoms with Crippen LogP contribution in [0.3, 0.4) is 0 Å². The highest BCUT2D eigenvalue weighted by Crippen LogP contribution is 2.32. The van der Waals surface area contributed by atoms with Crippen molar-refractivity contribution < 1.29 is 23.8 Å². The number of rotatable bonds is 6. The lowest BCUT2D eigenvalue weighted by Gasteiger charge is -2.03. The number of oxazole rings is 1. The fourth-order valence-corrected chi connectivity index (χ4v) is 3.75. The average Bonchev–Trinajstić information content (AvgIpc) is 3.32. The van der Waals surface area contributed by atoms with Crippen LogP contribution in [0.4, 0.5) is 0 Å². The second kappa shape index (κ2) is 7.20. The number of ether oxygens (including phenoxy) is 1. The van der Waals surface area contributed by atoms with Crippen molar-refractivity contribution in [3.63, 3.8) is 0 Å². The molecule has 0 spiro atoms. The van der Waals surface area contributed by atoms with Crippen LogP contribution in [0, 0.1) is 0 Å². The summed E-state index contributed by atoms with van der Waals surface area (Å²) in [5.41, 5.74) is 1.86. The fourth-order valence-electron chi connectivity index (χ4n) is 2.73. The number of carboxylic acid groups (broad SMARTS) is 1. The number of hydrogen-bond acceptors (Lipinski definition) is 8. The van der Waals surface area contributed by atoms with Gasteiger partial charge in [-0.25, -0.2) is 19.7 Å². The van der Waals surface area contributed by atoms with Gasteiger partial charge >= 0.3 is 5.97 Å². The number of carboxylic acids is 1. The van der Waals surface area contributed by atoms with Crippen LogP contribution < -0.4 is 4.74 Å². The van der Waals surface area contributed by atoms with E-state index in [1.165, 1.54) is 30.8 Å². The molecule has 1 aromatic carbocycles. The molecule has 0 fully saturated rings. The molecule has 0 aliphatic heterocycles. The quantitative estimate of drug-likeness (QED) is 0.493. The first kappa shape index (κ1) is 17.8. The minimum atomic E-state index is -1.14. The zero-order chi connectivity index (χ0) is 19.7. The third kappa shape index (κ3) is 3.23. The molecule has 4 aromatic rings. The number of thiophene rings is 1. The van der Waals surface area contributed by atoms with Gasteiger partial charge in [0, 0.05) is 6.42 Å². The molecule has 3 heterocycles. The normalized spacial score (nSPS) is 10.9. The molecule has 0 saturated carbocycles. The van der Waals surface area contributed by atoms with Gasteiger partial charge < -0.3 is 14.3 Å². The van der Waals surface area contributed by atoms with Gasteiger partial charge in [0.25, 0.3) is 5.89 Å². The number of carbonyl (C=O) groups excluding carboxylic acids is 1. The van der Waals surface area contributed by atoms with E-state index in [9.17, 15) is 14.7 Å². The van der Waals surface area contributed by atoms with Crippen LogP contribution in [0.15, 0.2) is 46.5 Å². The first-order valence-corrected chi connectivity index (χ1v) is 9.03. The zero-order valence-corrected chi connectivity index (χ0v) is 15.4. The van der Waals surface area contributed by atoms with Crippen molar-refractivity contribution in [1.29, 1.82) is 0 Å². The van der Waals surface area contributed by atoms with Gasteiger partial charge in [0.15, 0.2) is 5.58 Å². The zero-order valence-electron chi connectivity index (χ0n) is 14.6. The SMILES string of the molecule is COc1cnc(-c2scc(CC(=O)c3nc4ccccc4o3)c2C(=O)O)cn1. The van der Waals surface area contributed by atoms with E-state index in [0.717, 1.165) is 0 Å². The predicted molar refractivity (Wildman–Crippen MR) is 101 cm³/mol. The van der Waals surface area contributed by atoms with Crippen molar-refractivity contribution in [3.8, 4) is 16.5 Å². The Morgan fingerprint density at radius 1 is 1.21 bits per heavy atom. The van der Waals surface area contributed by atoms with Gasteiger partial charge in [-0.1, -0.05) is 12.1 Å². The number of Topliss-reactive ketones (excluding diaryl/α,β-unsaturated/α-hetero) is 1. The predicted octanol–water partition coefficient (Wildman–Crippen LogP) is 3.48. The van der Waals surface area contributed by atoms with Gasteiger partial charge in [-0.15, -0.1) is 11.3 Å². The lowest BCUT2D eigenvalue weighted by molar-refractivity contribution is 0.0697. The second-order valence-electron chi connectivity index (χ2n) is 5.80. The number of methoxy groups -OCH3 is 1. The van der Waals surface area contributed by atoms with E-state index < -0.39 is 11.8 Å². The Morgan fingerprint density at radius 2 is 2.04 bits per heavy atom. The molecule has 1 N–H and O–H groups in total. The van der Waals surface area contributed by atoms with E-state index in [1.807, 2.05) is 0 Å². The van der Waals surface area contributed by atoms with E-state index in [-0.39, 0.29) is 17.9 Å². The van der Waals surface area contributed by atoms with Crippen molar-refractivity contribution in [3.05, 3.63) is 59.1 Å². The Labute approximate surface area is 162 Å². The van der Waals surface area contributed by atoms with E-state index in [2.05, 4.69) is 15.0 Å². The van der Waals surface area contributed by atoms with Crippen molar-refractivity contribution >= 4 is 34.2 Å². The van der Waals surface area contributed by atoms with Crippen molar-refractivity contribution in [2.75, 3.05) is 7.11 Å². The number of para-hydroxylation sites is 2. The van der Waals surface area contributed by atoms with Crippen LogP contribution in [0.2, 0.25) is 0 Å². The maximum absolute atomic E-state index is 12.6. The maximum atomic E-state index is 12.6. The molecule has 9 heteroatoms. The Morgan fingerprint density at radius 3 is 2.71 bits per heavy atom. The largest absolute Gasteiger partial charge is 0.480 e. The third-order valence-corrected chi connectivity index (χ3v) is 5.09. The summed E-state index contributed by atoms with van der Waals surface area (Å²) in [6.45, 7) is 0. The van der Waals surface area contributed by atoms with E-state index in [4.69, 9.17) is 9.15 Å². The van der Waals surface area contributed by atoms with E-state index in [1.54, 1.807) is 29.6 Å². The summed E-state index contributed by atoms with van der Waals surface area (Å²) in [5.74, 6) is -1.27. The van der Waals surface area contributed by atoms with Gasteiger partial charge in [0.05, 0.1) is 35.6 Å². The summed E-state index contributed by atoms with van der Waals surface area (Å²) in [5, 5.41) is 11.3. The smallest absolute Gasteiger partial charge is 0.337 e. The van der Waals surface area contributed by atoms with Gasteiger partial charge in [0.2, 0.25) is 11.7 Å². The summed E-state index contributed by atoms with van der Waals surface area (Å²) >= 11 is 1.19. The second-order valence-corrected chi connectivity index (χ2v) is 6.68. The highest BCUT2D eigenvalue weighted by atomic mass is 32.1. The monoisotopic (exact) mass is 395 g/mol. The highest BCUT2D eigenvalue weighted by Gasteiger charge is 2.24. The molecule has 0 aliphatic carbocycles. The first-order chi connectivity index (χ1) is 13.6. The third-order valence-electron chi connectivity index (χ3n) is 4.03. The number of aromatic carboxylic acids is 1. The summed E-state index contributed by atoms with van der Waals surface area (Å²) in [7, 11) is 1.47. The number of ketones is 1. The van der Waals surface area contributed by atoms with Gasteiger partial charge in [-0.2, -0.15) is 0 Å². The van der Waals surface area contributed by atoms with Crippen LogP contribution in [0.5, 0.6) is 5.88 Å². The highest BCUT2D eigenvalue weighted by molar-refractivity contribution is 7.14. The van der Waals surface area contributed by atoms with Crippen LogP contribution >= 0.6 is 11.3 Å². The number of carbonyl (C=O) groups is 2. The molecular formula is C19H13N3O5S. The molecule has 4 rings (SSSR count). The number of hydrogen-bond donors (Lipinski definition) is 1. The Kier molecular flexibility index (Phi) is 4.58. The lowest BCUT2D eigenvalue weighted by Crippen LogP contribution is -2.08. The van der Waals surface area contributed by atoms with Crippen molar-refractivity contribution in [2.24, 2.45) is 0 Å². The molecule has 140 valence electrons. The number of aromatic nitrogens is 3. The summed E-state index contributed by atoms with van der Waals surface area (Å²) in [4.78, 5) is 37.3. The summed E-state index contributed by atoms with van der Waals surface area (Å²) in [6, 6.07) is 7.03. The van der Waals surface area contributed by atoms with Gasteiger partial charge in [-0.3, -0.25) is 4.79 Å². The molecule has 3 aromatic heterocycles. The molecule has 0 radical (unpaired) electrons. The molecule has 8 nitrogen and oxygen atoms in total. The molecule has 0 aliphatic rings. The Hall–Kier alpha value is -3.59. The lowest BCUT2D eigenvalue weighted by atomic mass is 10.0. The molecule has 0 amide bonds. The molecule has 28 heavy (non-hydrogen) atoms. The molecular weight excluding hydrogens is 382 g/mol. The Balaban J connectivity index is 1.66. The number of fused-ring (bicyclic) bond motifs is 1. The van der Waals surface area contributed by atoms with Crippen LogP contribution in [-0.2, 0) is 6.42 Å². The molecule has 0 bridgehead atoms. The van der Waals surface area contributed by atoms with Crippen LogP contribution in [-0.4, -0.2) is 38.9 Å². The maximum Gasteiger partial charge on any atom is 0.337 e. The summed E-state index contributed by atoms with van der Waals surface area (Å²) < 4.78 is 10.4. The van der Waals surface area contributed by atoms with Crippen molar-refractivity contribution in [2.45, 2.75) is 6.42 Å². The minimum absolute atomic E-state index is 0.0222. The molecule has 0 atom stereocenters. The van der Waals surface area contributed by atoms with E-state index in [0.29, 0.717) is 33.1 Å². The molecule has 0 unspecified atom stereocenters. The average molecular weight is 395 g/mol. The number of benzene rings is 1. The topological polar surface area (TPSA) is 115 Å². The Bertz CT molecular complexity index is 1150. The summed E-state index contributed by atoms with van der Waals surface area (Å²) in [6.07, 6.45) is 2.70. The van der Waals surface area contributed by atoms with Crippen LogP contribution in [0.1, 0.15) is 26.6 Å². The van der Waals surface area contributed by atoms with E-state index >= 15 is 0 Å². The standard InChI is InChI=1S/C19H13N3O5S/c1-26-15-8-20-12(7-21-15)17-16(19(24)25)10(9-28-17)6-13(23)18-22-11-4-2-3-5-14(11)27-18/h2-5,7-9H,6H2,1H3,(H,24,25). The van der Waals surface area contributed by atoms with Gasteiger partial charge in [0.1, 0.15) is 5.52 Å². The first-order valence-electron chi connectivity index (χ1n) is 8.15.